The molecular weight excluding hydrogens is 362 g/mol. The van der Waals surface area contributed by atoms with E-state index in [-0.39, 0.29) is 35.4 Å². The van der Waals surface area contributed by atoms with Crippen molar-refractivity contribution < 1.29 is 18.4 Å². The summed E-state index contributed by atoms with van der Waals surface area (Å²) in [4.78, 5) is 28.8. The second kappa shape index (κ2) is 8.50. The Morgan fingerprint density at radius 1 is 0.964 bits per heavy atom. The van der Waals surface area contributed by atoms with Crippen molar-refractivity contribution in [1.29, 1.82) is 0 Å². The first-order chi connectivity index (χ1) is 13.4. The molecule has 0 radical (unpaired) electrons. The minimum atomic E-state index is -0.376. The van der Waals surface area contributed by atoms with Crippen LogP contribution in [0.25, 0.3) is 0 Å². The Morgan fingerprint density at radius 3 is 2.00 bits per heavy atom. The van der Waals surface area contributed by atoms with Crippen LogP contribution in [0.3, 0.4) is 0 Å². The highest BCUT2D eigenvalue weighted by Crippen LogP contribution is 2.26. The smallest absolute Gasteiger partial charge is 0.253 e. The second-order valence-corrected chi connectivity index (χ2v) is 7.25. The largest absolute Gasteiger partial charge is 0.339 e. The van der Waals surface area contributed by atoms with Crippen molar-refractivity contribution in [2.45, 2.75) is 25.8 Å². The zero-order valence-electron chi connectivity index (χ0n) is 16.1. The summed E-state index contributed by atoms with van der Waals surface area (Å²) in [5.41, 5.74) is 1.33. The highest BCUT2D eigenvalue weighted by atomic mass is 19.1. The molecular formula is C22H24F2N2O2. The molecule has 0 aromatic heterocycles. The zero-order valence-corrected chi connectivity index (χ0v) is 16.1. The van der Waals surface area contributed by atoms with Crippen molar-refractivity contribution in [2.75, 3.05) is 20.1 Å². The average Bonchev–Trinajstić information content (AvgIpc) is 2.73. The minimum Gasteiger partial charge on any atom is -0.339 e. The van der Waals surface area contributed by atoms with Gasteiger partial charge in [-0.3, -0.25) is 9.59 Å². The molecule has 1 heterocycles. The van der Waals surface area contributed by atoms with Gasteiger partial charge in [0.1, 0.15) is 11.6 Å². The third-order valence-corrected chi connectivity index (χ3v) is 5.50. The molecule has 2 aromatic rings. The summed E-state index contributed by atoms with van der Waals surface area (Å²) in [7, 11) is 1.76. The fourth-order valence-corrected chi connectivity index (χ4v) is 3.55. The first-order valence-electron chi connectivity index (χ1n) is 9.44. The molecule has 0 aliphatic carbocycles. The van der Waals surface area contributed by atoms with Gasteiger partial charge in [-0.2, -0.15) is 0 Å². The van der Waals surface area contributed by atoms with Crippen molar-refractivity contribution >= 4 is 11.8 Å². The van der Waals surface area contributed by atoms with Crippen LogP contribution < -0.4 is 0 Å². The maximum absolute atomic E-state index is 13.1. The van der Waals surface area contributed by atoms with E-state index >= 15 is 0 Å². The van der Waals surface area contributed by atoms with E-state index in [0.717, 1.165) is 5.56 Å². The normalized spacial score (nSPS) is 15.9. The van der Waals surface area contributed by atoms with Crippen LogP contribution in [0.15, 0.2) is 48.5 Å². The minimum absolute atomic E-state index is 0.0331. The van der Waals surface area contributed by atoms with E-state index in [2.05, 4.69) is 0 Å². The van der Waals surface area contributed by atoms with Gasteiger partial charge in [-0.15, -0.1) is 0 Å². The number of rotatable bonds is 4. The Labute approximate surface area is 163 Å². The molecule has 2 aromatic carbocycles. The zero-order chi connectivity index (χ0) is 20.3. The molecule has 1 aliphatic rings. The number of carbonyl (C=O) groups is 2. The summed E-state index contributed by atoms with van der Waals surface area (Å²) >= 11 is 0. The lowest BCUT2D eigenvalue weighted by Gasteiger charge is -2.35. The lowest BCUT2D eigenvalue weighted by molar-refractivity contribution is -0.137. The number of benzene rings is 2. The van der Waals surface area contributed by atoms with E-state index in [0.29, 0.717) is 31.5 Å². The molecule has 2 amide bonds. The standard InChI is InChI=1S/C22H24F2N2O2/c1-15(16-3-7-19(23)8-4-16)25(2)21(27)18-11-13-26(14-12-18)22(28)17-5-9-20(24)10-6-17/h3-10,15,18H,11-14H2,1-2H3. The van der Waals surface area contributed by atoms with Gasteiger partial charge in [0.05, 0.1) is 6.04 Å². The molecule has 1 unspecified atom stereocenters. The first-order valence-corrected chi connectivity index (χ1v) is 9.44. The third-order valence-electron chi connectivity index (χ3n) is 5.50. The first kappa shape index (κ1) is 20.0. The molecule has 0 spiro atoms. The Hall–Kier alpha value is -2.76. The lowest BCUT2D eigenvalue weighted by Crippen LogP contribution is -2.44. The van der Waals surface area contributed by atoms with Crippen molar-refractivity contribution in [3.63, 3.8) is 0 Å². The van der Waals surface area contributed by atoms with Crippen LogP contribution in [-0.2, 0) is 4.79 Å². The van der Waals surface area contributed by atoms with Crippen LogP contribution in [0, 0.1) is 17.6 Å². The van der Waals surface area contributed by atoms with Gasteiger partial charge >= 0.3 is 0 Å². The molecule has 1 aliphatic heterocycles. The predicted molar refractivity (Wildman–Crippen MR) is 103 cm³/mol. The number of carbonyl (C=O) groups excluding carboxylic acids is 2. The molecule has 4 nitrogen and oxygen atoms in total. The highest BCUT2D eigenvalue weighted by Gasteiger charge is 2.31. The van der Waals surface area contributed by atoms with Gasteiger partial charge in [-0.1, -0.05) is 12.1 Å². The van der Waals surface area contributed by atoms with E-state index in [1.54, 1.807) is 29.0 Å². The van der Waals surface area contributed by atoms with E-state index in [1.807, 2.05) is 6.92 Å². The maximum atomic E-state index is 13.1. The summed E-state index contributed by atoms with van der Waals surface area (Å²) in [6, 6.07) is 11.5. The van der Waals surface area contributed by atoms with Gasteiger partial charge in [0.2, 0.25) is 5.91 Å². The van der Waals surface area contributed by atoms with Gasteiger partial charge in [-0.05, 0) is 61.7 Å². The molecule has 1 saturated heterocycles. The topological polar surface area (TPSA) is 40.6 Å². The van der Waals surface area contributed by atoms with Crippen LogP contribution in [0.1, 0.15) is 41.7 Å². The van der Waals surface area contributed by atoms with Gasteiger partial charge in [-0.25, -0.2) is 8.78 Å². The summed E-state index contributed by atoms with van der Waals surface area (Å²) in [5.74, 6) is -0.933. The summed E-state index contributed by atoms with van der Waals surface area (Å²) in [5, 5.41) is 0. The molecule has 148 valence electrons. The molecule has 0 N–H and O–H groups in total. The molecule has 1 fully saturated rings. The van der Waals surface area contributed by atoms with E-state index in [1.165, 1.54) is 36.4 Å². The number of hydrogen-bond acceptors (Lipinski definition) is 2. The van der Waals surface area contributed by atoms with Crippen molar-refractivity contribution in [3.05, 3.63) is 71.3 Å². The number of nitrogens with zero attached hydrogens (tertiary/aromatic N) is 2. The summed E-state index contributed by atoms with van der Waals surface area (Å²) in [6.07, 6.45) is 1.18. The van der Waals surface area contributed by atoms with E-state index < -0.39 is 0 Å². The van der Waals surface area contributed by atoms with E-state index in [4.69, 9.17) is 0 Å². The Bertz CT molecular complexity index is 829. The molecule has 1 atom stereocenters. The SMILES string of the molecule is CC(c1ccc(F)cc1)N(C)C(=O)C1CCN(C(=O)c2ccc(F)cc2)CC1. The predicted octanol–water partition coefficient (Wildman–Crippen LogP) is 4.04. The van der Waals surface area contributed by atoms with Gasteiger partial charge < -0.3 is 9.80 Å². The Kier molecular flexibility index (Phi) is 6.07. The highest BCUT2D eigenvalue weighted by molar-refractivity contribution is 5.94. The number of hydrogen-bond donors (Lipinski definition) is 0. The number of amides is 2. The molecule has 0 bridgehead atoms. The van der Waals surface area contributed by atoms with Gasteiger partial charge in [0.25, 0.3) is 5.91 Å². The van der Waals surface area contributed by atoms with Crippen LogP contribution in [0.4, 0.5) is 8.78 Å². The third kappa shape index (κ3) is 4.38. The van der Waals surface area contributed by atoms with Crippen molar-refractivity contribution in [1.82, 2.24) is 9.80 Å². The van der Waals surface area contributed by atoms with Crippen molar-refractivity contribution in [2.24, 2.45) is 5.92 Å². The molecule has 3 rings (SSSR count). The average molecular weight is 386 g/mol. The maximum Gasteiger partial charge on any atom is 0.253 e. The van der Waals surface area contributed by atoms with Gasteiger partial charge in [0, 0.05) is 31.6 Å². The second-order valence-electron chi connectivity index (χ2n) is 7.25. The van der Waals surface area contributed by atoms with E-state index in [9.17, 15) is 18.4 Å². The monoisotopic (exact) mass is 386 g/mol. The Morgan fingerprint density at radius 2 is 1.46 bits per heavy atom. The molecule has 6 heteroatoms. The quantitative estimate of drug-likeness (QED) is 0.796. The van der Waals surface area contributed by atoms with Crippen molar-refractivity contribution in [3.8, 4) is 0 Å². The number of piperidine rings is 1. The van der Waals surface area contributed by atoms with Gasteiger partial charge in [0.15, 0.2) is 0 Å². The summed E-state index contributed by atoms with van der Waals surface area (Å²) in [6.45, 7) is 2.90. The molecule has 28 heavy (non-hydrogen) atoms. The summed E-state index contributed by atoms with van der Waals surface area (Å²) < 4.78 is 26.1. The fourth-order valence-electron chi connectivity index (χ4n) is 3.55. The van der Waals surface area contributed by atoms with Crippen LogP contribution >= 0.6 is 0 Å². The number of halogens is 2. The Balaban J connectivity index is 1.57. The van der Waals surface area contributed by atoms with Crippen LogP contribution in [-0.4, -0.2) is 41.8 Å². The van der Waals surface area contributed by atoms with Crippen LogP contribution in [0.5, 0.6) is 0 Å². The lowest BCUT2D eigenvalue weighted by atomic mass is 9.94. The fraction of sp³-hybridized carbons (Fsp3) is 0.364. The number of likely N-dealkylation sites (tertiary alicyclic amines) is 1. The molecule has 0 saturated carbocycles. The van der Waals surface area contributed by atoms with Crippen LogP contribution in [0.2, 0.25) is 0 Å².